The van der Waals surface area contributed by atoms with E-state index in [1.54, 1.807) is 38.1 Å². The smallest absolute Gasteiger partial charge is 0.312 e. The van der Waals surface area contributed by atoms with Crippen LogP contribution in [0.3, 0.4) is 0 Å². The fourth-order valence-corrected chi connectivity index (χ4v) is 8.45. The summed E-state index contributed by atoms with van der Waals surface area (Å²) < 4.78 is 42.5. The molecule has 1 saturated heterocycles. The number of benzene rings is 3. The van der Waals surface area contributed by atoms with E-state index in [1.807, 2.05) is 19.9 Å². The summed E-state index contributed by atoms with van der Waals surface area (Å²) in [5, 5.41) is 28.2. The van der Waals surface area contributed by atoms with Crippen molar-refractivity contribution in [1.82, 2.24) is 10.3 Å². The zero-order valence-electron chi connectivity index (χ0n) is 36.4. The average molecular weight is 870 g/mol. The summed E-state index contributed by atoms with van der Waals surface area (Å²) in [6.45, 7) is 12.9. The predicted octanol–water partition coefficient (Wildman–Crippen LogP) is 5.23. The van der Waals surface area contributed by atoms with Crippen molar-refractivity contribution in [2.24, 2.45) is 17.8 Å². The molecule has 2 aromatic rings. The third-order valence-corrected chi connectivity index (χ3v) is 11.9. The Morgan fingerprint density at radius 2 is 1.78 bits per heavy atom. The van der Waals surface area contributed by atoms with Gasteiger partial charge in [0.1, 0.15) is 53.0 Å². The van der Waals surface area contributed by atoms with E-state index >= 15 is 0 Å². The molecule has 0 radical (unpaired) electrons. The number of methoxy groups -OCH3 is 1. The molecule has 0 spiro atoms. The van der Waals surface area contributed by atoms with Crippen LogP contribution in [0.1, 0.15) is 64.4 Å². The van der Waals surface area contributed by atoms with Crippen LogP contribution in [0.15, 0.2) is 63.6 Å². The number of fused-ring (bicyclic) bond motifs is 9. The fraction of sp³-hybridized carbons (Fsp3) is 0.435. The molecule has 6 aliphatic rings. The van der Waals surface area contributed by atoms with Gasteiger partial charge in [0.2, 0.25) is 11.3 Å². The van der Waals surface area contributed by atoms with E-state index in [1.165, 1.54) is 53.2 Å². The number of anilines is 1. The molecule has 17 heteroatoms. The molecule has 17 nitrogen and oxygen atoms in total. The molecule has 5 heterocycles. The molecule has 0 unspecified atom stereocenters. The number of phenolic OH excluding ortho intramolecular Hbond substituents is 1. The van der Waals surface area contributed by atoms with Gasteiger partial charge in [0.05, 0.1) is 42.1 Å². The highest BCUT2D eigenvalue weighted by atomic mass is 16.7. The Balaban J connectivity index is 1.42. The molecular weight excluding hydrogens is 819 g/mol. The maximum atomic E-state index is 14.7. The minimum absolute atomic E-state index is 0.0418. The predicted molar refractivity (Wildman–Crippen MR) is 229 cm³/mol. The Morgan fingerprint density at radius 3 is 2.48 bits per heavy atom. The number of amides is 2. The fourth-order valence-electron chi connectivity index (χ4n) is 8.45. The summed E-state index contributed by atoms with van der Waals surface area (Å²) in [5.74, 6) is -6.02. The average Bonchev–Trinajstić information content (AvgIpc) is 3.68. The third kappa shape index (κ3) is 8.23. The first-order valence-corrected chi connectivity index (χ1v) is 20.6. The maximum Gasteiger partial charge on any atom is 0.312 e. The lowest BCUT2D eigenvalue weighted by atomic mass is 9.86. The summed E-state index contributed by atoms with van der Waals surface area (Å²) >= 11 is 0. The Hall–Kier alpha value is -6.30. The lowest BCUT2D eigenvalue weighted by molar-refractivity contribution is -0.168. The first-order chi connectivity index (χ1) is 29.9. The molecule has 63 heavy (non-hydrogen) atoms. The number of nitrogens with one attached hydrogen (secondary N) is 2. The van der Waals surface area contributed by atoms with Gasteiger partial charge in [-0.3, -0.25) is 24.0 Å². The number of rotatable bonds is 6. The SMILES string of the molecule is CO[C@H]1/C=C/O[C@@]2(C)Oc3c(C)c(O)c4c(=O)c(c5oc6cc(OCCNC(C)=O)ccc6nc-5c4c3C2=O)NC(=O)/C(C)=C\C=C\[C@H](C)[C@@H]2O[C@H]([C@H](O)[C@@H]2C)[C@H](OC(C)=O)[C@@H]1C. The number of ketones is 1. The summed E-state index contributed by atoms with van der Waals surface area (Å²) in [5.41, 5.74) is -0.719. The highest BCUT2D eigenvalue weighted by molar-refractivity contribution is 6.22. The van der Waals surface area contributed by atoms with Crippen LogP contribution in [-0.4, -0.2) is 95.3 Å². The van der Waals surface area contributed by atoms with Crippen molar-refractivity contribution in [1.29, 1.82) is 0 Å². The Kier molecular flexibility index (Phi) is 12.4. The number of Topliss-reactive ketones (excluding diaryl/α,β-unsaturated/α-hetero) is 1. The molecule has 334 valence electrons. The number of carbonyl (C=O) groups is 4. The number of aliphatic hydroxyl groups is 1. The first-order valence-electron chi connectivity index (χ1n) is 20.6. The van der Waals surface area contributed by atoms with Crippen LogP contribution in [0.2, 0.25) is 0 Å². The van der Waals surface area contributed by atoms with Gasteiger partial charge in [-0.1, -0.05) is 39.0 Å². The zero-order chi connectivity index (χ0) is 45.7. The number of hydrogen-bond donors (Lipinski definition) is 4. The summed E-state index contributed by atoms with van der Waals surface area (Å²) in [6.07, 6.45) is 3.46. The number of aromatic hydroxyl groups is 1. The van der Waals surface area contributed by atoms with Crippen molar-refractivity contribution in [2.75, 3.05) is 25.6 Å². The molecule has 8 rings (SSSR count). The van der Waals surface area contributed by atoms with Gasteiger partial charge < -0.3 is 53.7 Å². The monoisotopic (exact) mass is 869 g/mol. The lowest BCUT2D eigenvalue weighted by Crippen LogP contribution is -2.46. The second-order valence-corrected chi connectivity index (χ2v) is 16.4. The summed E-state index contributed by atoms with van der Waals surface area (Å²) in [7, 11) is 1.44. The van der Waals surface area contributed by atoms with E-state index < -0.39 is 77.0 Å². The van der Waals surface area contributed by atoms with Crippen LogP contribution >= 0.6 is 0 Å². The molecule has 2 aromatic carbocycles. The molecule has 4 N–H and O–H groups in total. The zero-order valence-corrected chi connectivity index (χ0v) is 36.4. The van der Waals surface area contributed by atoms with Crippen molar-refractivity contribution >= 4 is 51.1 Å². The topological polar surface area (TPSA) is 231 Å². The quantitative estimate of drug-likeness (QED) is 0.0841. The summed E-state index contributed by atoms with van der Waals surface area (Å²) in [6, 6.07) is 4.76. The molecule has 1 aliphatic carbocycles. The number of allylic oxidation sites excluding steroid dienone is 2. The number of phenols is 1. The third-order valence-electron chi connectivity index (χ3n) is 11.9. The van der Waals surface area contributed by atoms with Gasteiger partial charge in [-0.2, -0.15) is 0 Å². The number of esters is 1. The van der Waals surface area contributed by atoms with Crippen molar-refractivity contribution in [3.8, 4) is 28.7 Å². The van der Waals surface area contributed by atoms with Gasteiger partial charge in [0, 0.05) is 68.2 Å². The number of nitrogens with zero attached hydrogens (tertiary/aromatic N) is 1. The second-order valence-electron chi connectivity index (χ2n) is 16.4. The highest BCUT2D eigenvalue weighted by Crippen LogP contribution is 2.50. The van der Waals surface area contributed by atoms with Crippen LogP contribution in [0.25, 0.3) is 33.3 Å². The number of hydrogen-bond acceptors (Lipinski definition) is 15. The van der Waals surface area contributed by atoms with Gasteiger partial charge in [0.15, 0.2) is 11.3 Å². The van der Waals surface area contributed by atoms with Crippen molar-refractivity contribution in [3.05, 3.63) is 75.7 Å². The number of ether oxygens (including phenoxy) is 6. The van der Waals surface area contributed by atoms with Crippen molar-refractivity contribution in [2.45, 2.75) is 91.7 Å². The minimum Gasteiger partial charge on any atom is -0.507 e. The molecule has 5 aliphatic heterocycles. The van der Waals surface area contributed by atoms with E-state index in [9.17, 15) is 34.2 Å². The van der Waals surface area contributed by atoms with Gasteiger partial charge in [-0.15, -0.1) is 0 Å². The standard InChI is InChI=1S/C46H51N3O14/c1-20-11-10-12-21(2)45(56)49-35-38(54)32-31(34-42(35)61-30-19-27(13-14-28(30)48-34)58-18-16-47-25(6)50)33-40(23(4)36(32)52)63-46(8,44(33)55)59-17-15-29(57-9)22(3)41(60-26(7)51)43-37(53)24(5)39(20)62-43/h10-15,17,19-20,22,24,29,37,39,41,43,52-53H,16,18H2,1-9H3,(H,47,50)(H,49,56)/b11-10+,17-15+,21-12-/t20-,22+,24-,29-,37+,39-,41+,43+,46-/m0/s1. The molecule has 0 saturated carbocycles. The number of aromatic nitrogens is 1. The lowest BCUT2D eigenvalue weighted by Gasteiger charge is -2.33. The number of aliphatic hydroxyl groups excluding tert-OH is 1. The maximum absolute atomic E-state index is 14.7. The highest BCUT2D eigenvalue weighted by Gasteiger charge is 2.51. The molecule has 9 atom stereocenters. The van der Waals surface area contributed by atoms with Gasteiger partial charge >= 0.3 is 11.8 Å². The van der Waals surface area contributed by atoms with Gasteiger partial charge in [0.25, 0.3) is 11.7 Å². The Labute approximate surface area is 362 Å². The van der Waals surface area contributed by atoms with Crippen LogP contribution in [0.4, 0.5) is 5.69 Å². The minimum atomic E-state index is -2.05. The largest absolute Gasteiger partial charge is 0.507 e. The van der Waals surface area contributed by atoms with E-state index in [-0.39, 0.29) is 86.4 Å². The van der Waals surface area contributed by atoms with Gasteiger partial charge in [-0.25, -0.2) is 4.98 Å². The Morgan fingerprint density at radius 1 is 1.03 bits per heavy atom. The van der Waals surface area contributed by atoms with Gasteiger partial charge in [-0.05, 0) is 32.1 Å². The summed E-state index contributed by atoms with van der Waals surface area (Å²) in [4.78, 5) is 71.9. The second kappa shape index (κ2) is 17.5. The Bertz CT molecular complexity index is 2630. The van der Waals surface area contributed by atoms with Crippen LogP contribution in [0, 0.1) is 24.7 Å². The molecule has 2 amide bonds. The van der Waals surface area contributed by atoms with Crippen LogP contribution in [0.5, 0.6) is 17.2 Å². The number of carbonyl (C=O) groups excluding carboxylic acids is 4. The van der Waals surface area contributed by atoms with Crippen LogP contribution < -0.4 is 25.5 Å². The first kappa shape index (κ1) is 44.7. The van der Waals surface area contributed by atoms with E-state index in [2.05, 4.69) is 10.6 Å². The molecule has 0 aromatic heterocycles. The molecular formula is C46H51N3O14. The van der Waals surface area contributed by atoms with Crippen molar-refractivity contribution in [3.63, 3.8) is 0 Å². The van der Waals surface area contributed by atoms with Crippen molar-refractivity contribution < 1.29 is 62.2 Å². The normalized spacial score (nSPS) is 29.3. The van der Waals surface area contributed by atoms with E-state index in [0.717, 1.165) is 0 Å². The van der Waals surface area contributed by atoms with E-state index in [0.29, 0.717) is 5.75 Å². The molecule has 7 bridgehead atoms. The molecule has 1 fully saturated rings. The van der Waals surface area contributed by atoms with Crippen LogP contribution in [-0.2, 0) is 33.3 Å². The van der Waals surface area contributed by atoms with E-state index in [4.69, 9.17) is 37.8 Å².